The molecule has 0 spiro atoms. The highest BCUT2D eigenvalue weighted by Gasteiger charge is 2.22. The van der Waals surface area contributed by atoms with E-state index in [0.717, 1.165) is 18.2 Å². The van der Waals surface area contributed by atoms with Gasteiger partial charge in [0, 0.05) is 25.8 Å². The van der Waals surface area contributed by atoms with E-state index in [1.54, 1.807) is 0 Å². The van der Waals surface area contributed by atoms with Crippen LogP contribution in [-0.2, 0) is 13.6 Å². The quantitative estimate of drug-likeness (QED) is 0.792. The lowest BCUT2D eigenvalue weighted by Crippen LogP contribution is -2.30. The molecule has 1 aliphatic rings. The molecule has 78 valence electrons. The number of aromatic nitrogens is 2. The fourth-order valence-electron chi connectivity index (χ4n) is 2.24. The molecule has 14 heavy (non-hydrogen) atoms. The van der Waals surface area contributed by atoms with Crippen molar-refractivity contribution in [2.24, 2.45) is 13.0 Å². The van der Waals surface area contributed by atoms with Gasteiger partial charge in [0.2, 0.25) is 0 Å². The summed E-state index contributed by atoms with van der Waals surface area (Å²) in [5, 5.41) is 7.94. The molecular weight excluding hydrogens is 174 g/mol. The zero-order valence-electron chi connectivity index (χ0n) is 9.03. The average molecular weight is 193 g/mol. The van der Waals surface area contributed by atoms with E-state index in [-0.39, 0.29) is 0 Å². The Morgan fingerprint density at radius 1 is 1.57 bits per heavy atom. The number of nitrogens with zero attached hydrogens (tertiary/aromatic N) is 2. The summed E-state index contributed by atoms with van der Waals surface area (Å²) in [6.45, 7) is 3.25. The molecule has 1 heterocycles. The van der Waals surface area contributed by atoms with Gasteiger partial charge < -0.3 is 5.32 Å². The lowest BCUT2D eigenvalue weighted by molar-refractivity contribution is 0.423. The van der Waals surface area contributed by atoms with E-state index in [4.69, 9.17) is 0 Å². The highest BCUT2D eigenvalue weighted by molar-refractivity contribution is 4.98. The predicted molar refractivity (Wildman–Crippen MR) is 56.9 cm³/mol. The topological polar surface area (TPSA) is 29.9 Å². The van der Waals surface area contributed by atoms with Crippen LogP contribution in [0, 0.1) is 5.92 Å². The van der Waals surface area contributed by atoms with E-state index in [0.29, 0.717) is 6.04 Å². The van der Waals surface area contributed by atoms with Crippen molar-refractivity contribution in [1.29, 1.82) is 0 Å². The van der Waals surface area contributed by atoms with Gasteiger partial charge in [-0.2, -0.15) is 5.10 Å². The van der Waals surface area contributed by atoms with Crippen LogP contribution in [0.3, 0.4) is 0 Å². The second kappa shape index (κ2) is 4.13. The Labute approximate surface area is 85.5 Å². The first-order chi connectivity index (χ1) is 6.75. The zero-order chi connectivity index (χ0) is 9.97. The molecule has 2 rings (SSSR count). The molecule has 0 saturated heterocycles. The molecule has 0 amide bonds. The number of hydrogen-bond donors (Lipinski definition) is 1. The first-order valence-electron chi connectivity index (χ1n) is 5.47. The zero-order valence-corrected chi connectivity index (χ0v) is 9.03. The summed E-state index contributed by atoms with van der Waals surface area (Å²) in [4.78, 5) is 0. The minimum Gasteiger partial charge on any atom is -0.308 e. The number of hydrogen-bond acceptors (Lipinski definition) is 2. The highest BCUT2D eigenvalue weighted by Crippen LogP contribution is 2.24. The fourth-order valence-corrected chi connectivity index (χ4v) is 2.24. The van der Waals surface area contributed by atoms with Crippen molar-refractivity contribution >= 4 is 0 Å². The lowest BCUT2D eigenvalue weighted by atomic mass is 10.1. The van der Waals surface area contributed by atoms with Gasteiger partial charge in [0.25, 0.3) is 0 Å². The van der Waals surface area contributed by atoms with Gasteiger partial charge in [-0.05, 0) is 24.8 Å². The van der Waals surface area contributed by atoms with E-state index in [2.05, 4.69) is 23.4 Å². The molecule has 1 N–H and O–H groups in total. The van der Waals surface area contributed by atoms with Crippen molar-refractivity contribution < 1.29 is 0 Å². The van der Waals surface area contributed by atoms with E-state index in [1.165, 1.54) is 19.3 Å². The summed E-state index contributed by atoms with van der Waals surface area (Å²) in [5.74, 6) is 0.832. The van der Waals surface area contributed by atoms with E-state index in [1.807, 2.05) is 17.9 Å². The maximum absolute atomic E-state index is 4.35. The van der Waals surface area contributed by atoms with Crippen molar-refractivity contribution in [3.05, 3.63) is 18.0 Å². The van der Waals surface area contributed by atoms with Crippen LogP contribution in [0.5, 0.6) is 0 Å². The van der Waals surface area contributed by atoms with Gasteiger partial charge in [0.15, 0.2) is 0 Å². The smallest absolute Gasteiger partial charge is 0.0762 e. The van der Waals surface area contributed by atoms with Crippen LogP contribution >= 0.6 is 0 Å². The average Bonchev–Trinajstić information content (AvgIpc) is 2.72. The Morgan fingerprint density at radius 3 is 3.00 bits per heavy atom. The van der Waals surface area contributed by atoms with E-state index >= 15 is 0 Å². The first-order valence-corrected chi connectivity index (χ1v) is 5.47. The van der Waals surface area contributed by atoms with Crippen molar-refractivity contribution in [2.75, 3.05) is 0 Å². The number of nitrogens with one attached hydrogen (secondary N) is 1. The Bertz CT molecular complexity index is 292. The summed E-state index contributed by atoms with van der Waals surface area (Å²) in [6, 6.07) is 2.78. The van der Waals surface area contributed by atoms with Crippen LogP contribution in [0.25, 0.3) is 0 Å². The third-order valence-corrected chi connectivity index (χ3v) is 3.18. The van der Waals surface area contributed by atoms with Gasteiger partial charge in [-0.1, -0.05) is 13.3 Å². The summed E-state index contributed by atoms with van der Waals surface area (Å²) >= 11 is 0. The van der Waals surface area contributed by atoms with Crippen LogP contribution in [0.4, 0.5) is 0 Å². The number of rotatable bonds is 3. The Balaban J connectivity index is 1.82. The molecule has 2 unspecified atom stereocenters. The Morgan fingerprint density at radius 2 is 2.43 bits per heavy atom. The molecule has 2 atom stereocenters. The molecule has 1 aromatic heterocycles. The lowest BCUT2D eigenvalue weighted by Gasteiger charge is -2.16. The second-order valence-corrected chi connectivity index (χ2v) is 4.38. The fraction of sp³-hybridized carbons (Fsp3) is 0.727. The van der Waals surface area contributed by atoms with Crippen LogP contribution in [0.2, 0.25) is 0 Å². The van der Waals surface area contributed by atoms with E-state index in [9.17, 15) is 0 Å². The monoisotopic (exact) mass is 193 g/mol. The molecule has 0 radical (unpaired) electrons. The molecule has 0 bridgehead atoms. The van der Waals surface area contributed by atoms with Crippen LogP contribution in [-0.4, -0.2) is 15.8 Å². The maximum Gasteiger partial charge on any atom is 0.0762 e. The molecule has 0 aromatic carbocycles. The van der Waals surface area contributed by atoms with Crippen molar-refractivity contribution in [1.82, 2.24) is 15.1 Å². The standard InChI is InChI=1S/C11H19N3/c1-9-4-3-5-11(9)12-8-10-6-7-14(2)13-10/h6-7,9,11-12H,3-5,8H2,1-2H3. The second-order valence-electron chi connectivity index (χ2n) is 4.38. The van der Waals surface area contributed by atoms with Crippen molar-refractivity contribution in [2.45, 2.75) is 38.8 Å². The predicted octanol–water partition coefficient (Wildman–Crippen LogP) is 1.70. The summed E-state index contributed by atoms with van der Waals surface area (Å²) < 4.78 is 1.86. The van der Waals surface area contributed by atoms with Crippen LogP contribution < -0.4 is 5.32 Å². The summed E-state index contributed by atoms with van der Waals surface area (Å²) in [6.07, 6.45) is 6.07. The van der Waals surface area contributed by atoms with Gasteiger partial charge in [0.1, 0.15) is 0 Å². The van der Waals surface area contributed by atoms with E-state index < -0.39 is 0 Å². The van der Waals surface area contributed by atoms with Crippen molar-refractivity contribution in [3.63, 3.8) is 0 Å². The van der Waals surface area contributed by atoms with Gasteiger partial charge in [0.05, 0.1) is 5.69 Å². The summed E-state index contributed by atoms with van der Waals surface area (Å²) in [7, 11) is 1.96. The minimum absolute atomic E-state index is 0.706. The molecule has 1 aromatic rings. The molecule has 1 saturated carbocycles. The first kappa shape index (κ1) is 9.71. The third-order valence-electron chi connectivity index (χ3n) is 3.18. The van der Waals surface area contributed by atoms with Crippen LogP contribution in [0.1, 0.15) is 31.9 Å². The largest absolute Gasteiger partial charge is 0.308 e. The highest BCUT2D eigenvalue weighted by atomic mass is 15.3. The van der Waals surface area contributed by atoms with Crippen molar-refractivity contribution in [3.8, 4) is 0 Å². The third kappa shape index (κ3) is 2.15. The molecule has 1 aliphatic carbocycles. The molecule has 3 heteroatoms. The maximum atomic E-state index is 4.35. The normalized spacial score (nSPS) is 27.0. The molecule has 0 aliphatic heterocycles. The Kier molecular flexibility index (Phi) is 2.87. The number of aryl methyl sites for hydroxylation is 1. The SMILES string of the molecule is CC1CCCC1NCc1ccn(C)n1. The van der Waals surface area contributed by atoms with Gasteiger partial charge in [-0.25, -0.2) is 0 Å². The molecule has 1 fully saturated rings. The summed E-state index contributed by atoms with van der Waals surface area (Å²) in [5.41, 5.74) is 1.15. The van der Waals surface area contributed by atoms with Gasteiger partial charge in [-0.3, -0.25) is 4.68 Å². The molecular formula is C11H19N3. The van der Waals surface area contributed by atoms with Crippen LogP contribution in [0.15, 0.2) is 12.3 Å². The Hall–Kier alpha value is -0.830. The van der Waals surface area contributed by atoms with Gasteiger partial charge in [-0.15, -0.1) is 0 Å². The minimum atomic E-state index is 0.706. The molecule has 3 nitrogen and oxygen atoms in total. The van der Waals surface area contributed by atoms with Gasteiger partial charge >= 0.3 is 0 Å².